The third-order valence-electron chi connectivity index (χ3n) is 3.17. The summed E-state index contributed by atoms with van der Waals surface area (Å²) in [5.74, 6) is 0.707. The zero-order valence-corrected chi connectivity index (χ0v) is 13.0. The number of halogens is 2. The van der Waals surface area contributed by atoms with Crippen LogP contribution >= 0.6 is 23.2 Å². The summed E-state index contributed by atoms with van der Waals surface area (Å²) in [6, 6.07) is 9.04. The van der Waals surface area contributed by atoms with Crippen molar-refractivity contribution in [1.82, 2.24) is 14.8 Å². The summed E-state index contributed by atoms with van der Waals surface area (Å²) in [4.78, 5) is 3.93. The molecular formula is C15H13Cl2N3O2. The van der Waals surface area contributed by atoms with Crippen LogP contribution in [-0.4, -0.2) is 14.8 Å². The van der Waals surface area contributed by atoms with Crippen LogP contribution in [0.3, 0.4) is 0 Å². The smallest absolute Gasteiger partial charge is 0.137 e. The lowest BCUT2D eigenvalue weighted by molar-refractivity contribution is 0.0118. The molecular weight excluding hydrogens is 325 g/mol. The summed E-state index contributed by atoms with van der Waals surface area (Å²) in [5.41, 5.74) is 0.751. The lowest BCUT2D eigenvalue weighted by Gasteiger charge is -2.17. The van der Waals surface area contributed by atoms with Crippen molar-refractivity contribution in [2.75, 3.05) is 0 Å². The molecule has 0 aliphatic heterocycles. The lowest BCUT2D eigenvalue weighted by atomic mass is 10.2. The lowest BCUT2D eigenvalue weighted by Crippen LogP contribution is -2.13. The molecule has 2 heterocycles. The van der Waals surface area contributed by atoms with Crippen LogP contribution < -0.4 is 0 Å². The first-order chi connectivity index (χ1) is 10.7. The van der Waals surface area contributed by atoms with Crippen LogP contribution in [-0.2, 0) is 17.9 Å². The SMILES string of the molecule is Clc1cccc(Cl)c1COC(Cn1cncn1)c1ccco1. The minimum atomic E-state index is -0.316. The van der Waals surface area contributed by atoms with E-state index in [4.69, 9.17) is 32.4 Å². The normalized spacial score (nSPS) is 12.5. The second-order valence-electron chi connectivity index (χ2n) is 4.63. The van der Waals surface area contributed by atoms with Crippen molar-refractivity contribution >= 4 is 23.2 Å². The number of furan rings is 1. The summed E-state index contributed by atoms with van der Waals surface area (Å²) in [6.07, 6.45) is 4.39. The van der Waals surface area contributed by atoms with E-state index in [9.17, 15) is 0 Å². The van der Waals surface area contributed by atoms with Crippen LogP contribution in [0.25, 0.3) is 0 Å². The highest BCUT2D eigenvalue weighted by Crippen LogP contribution is 2.28. The van der Waals surface area contributed by atoms with Crippen molar-refractivity contribution in [3.8, 4) is 0 Å². The second-order valence-corrected chi connectivity index (χ2v) is 5.45. The van der Waals surface area contributed by atoms with E-state index in [-0.39, 0.29) is 12.7 Å². The van der Waals surface area contributed by atoms with E-state index >= 15 is 0 Å². The topological polar surface area (TPSA) is 53.1 Å². The first-order valence-corrected chi connectivity index (χ1v) is 7.40. The van der Waals surface area contributed by atoms with Gasteiger partial charge in [0.2, 0.25) is 0 Å². The molecule has 1 unspecified atom stereocenters. The molecule has 1 atom stereocenters. The third-order valence-corrected chi connectivity index (χ3v) is 3.88. The Balaban J connectivity index is 1.76. The molecule has 114 valence electrons. The third kappa shape index (κ3) is 3.50. The van der Waals surface area contributed by atoms with Gasteiger partial charge in [0.05, 0.1) is 19.4 Å². The van der Waals surface area contributed by atoms with E-state index in [1.54, 1.807) is 35.5 Å². The Morgan fingerprint density at radius 3 is 2.64 bits per heavy atom. The van der Waals surface area contributed by atoms with Gasteiger partial charge >= 0.3 is 0 Å². The van der Waals surface area contributed by atoms with Crippen LogP contribution in [0.2, 0.25) is 10.0 Å². The molecule has 0 amide bonds. The number of nitrogens with zero attached hydrogens (tertiary/aromatic N) is 3. The fourth-order valence-electron chi connectivity index (χ4n) is 2.05. The summed E-state index contributed by atoms with van der Waals surface area (Å²) in [5, 5.41) is 5.24. The number of ether oxygens (including phenoxy) is 1. The second kappa shape index (κ2) is 6.96. The Morgan fingerprint density at radius 1 is 1.18 bits per heavy atom. The maximum atomic E-state index is 6.17. The van der Waals surface area contributed by atoms with Crippen molar-refractivity contribution in [1.29, 1.82) is 0 Å². The summed E-state index contributed by atoms with van der Waals surface area (Å²) >= 11 is 12.3. The number of hydrogen-bond donors (Lipinski definition) is 0. The molecule has 0 bridgehead atoms. The molecule has 3 rings (SSSR count). The Morgan fingerprint density at radius 2 is 2.00 bits per heavy atom. The van der Waals surface area contributed by atoms with Crippen LogP contribution in [0, 0.1) is 0 Å². The average Bonchev–Trinajstić information content (AvgIpc) is 3.19. The Labute approximate surface area is 137 Å². The number of aromatic nitrogens is 3. The monoisotopic (exact) mass is 337 g/mol. The zero-order chi connectivity index (χ0) is 15.4. The largest absolute Gasteiger partial charge is 0.467 e. The van der Waals surface area contributed by atoms with Crippen molar-refractivity contribution in [3.05, 3.63) is 70.6 Å². The van der Waals surface area contributed by atoms with Gasteiger partial charge in [-0.3, -0.25) is 0 Å². The van der Waals surface area contributed by atoms with Gasteiger partial charge in [0.1, 0.15) is 24.5 Å². The Bertz CT molecular complexity index is 694. The van der Waals surface area contributed by atoms with Crippen LogP contribution in [0.4, 0.5) is 0 Å². The molecule has 1 aromatic carbocycles. The first kappa shape index (κ1) is 15.1. The van der Waals surface area contributed by atoms with Crippen molar-refractivity contribution in [2.24, 2.45) is 0 Å². The van der Waals surface area contributed by atoms with Gasteiger partial charge in [0.25, 0.3) is 0 Å². The van der Waals surface area contributed by atoms with Gasteiger partial charge < -0.3 is 9.15 Å². The minimum absolute atomic E-state index is 0.276. The molecule has 2 aromatic heterocycles. The highest BCUT2D eigenvalue weighted by atomic mass is 35.5. The summed E-state index contributed by atoms with van der Waals surface area (Å²) in [7, 11) is 0. The molecule has 0 radical (unpaired) electrons. The molecule has 22 heavy (non-hydrogen) atoms. The fourth-order valence-corrected chi connectivity index (χ4v) is 2.56. The summed E-state index contributed by atoms with van der Waals surface area (Å²) < 4.78 is 13.1. The van der Waals surface area contributed by atoms with Gasteiger partial charge in [-0.2, -0.15) is 5.10 Å². The number of benzene rings is 1. The molecule has 0 N–H and O–H groups in total. The van der Waals surface area contributed by atoms with E-state index < -0.39 is 0 Å². The Kier molecular flexibility index (Phi) is 4.77. The molecule has 0 aliphatic rings. The van der Waals surface area contributed by atoms with Crippen LogP contribution in [0.1, 0.15) is 17.4 Å². The van der Waals surface area contributed by atoms with Gasteiger partial charge in [0, 0.05) is 15.6 Å². The minimum Gasteiger partial charge on any atom is -0.467 e. The highest BCUT2D eigenvalue weighted by Gasteiger charge is 2.18. The molecule has 0 fully saturated rings. The molecule has 0 saturated carbocycles. The predicted molar refractivity (Wildman–Crippen MR) is 82.7 cm³/mol. The average molecular weight is 338 g/mol. The Hall–Kier alpha value is -1.82. The van der Waals surface area contributed by atoms with E-state index in [1.807, 2.05) is 12.1 Å². The van der Waals surface area contributed by atoms with Crippen molar-refractivity contribution < 1.29 is 9.15 Å². The van der Waals surface area contributed by atoms with Crippen LogP contribution in [0.15, 0.2) is 53.7 Å². The number of hydrogen-bond acceptors (Lipinski definition) is 4. The van der Waals surface area contributed by atoms with Gasteiger partial charge in [-0.05, 0) is 24.3 Å². The molecule has 3 aromatic rings. The zero-order valence-electron chi connectivity index (χ0n) is 11.5. The summed E-state index contributed by atoms with van der Waals surface area (Å²) in [6.45, 7) is 0.758. The van der Waals surface area contributed by atoms with Gasteiger partial charge in [-0.15, -0.1) is 0 Å². The molecule has 0 aliphatic carbocycles. The maximum absolute atomic E-state index is 6.17. The van der Waals surface area contributed by atoms with Gasteiger partial charge in [0.15, 0.2) is 0 Å². The van der Waals surface area contributed by atoms with E-state index in [1.165, 1.54) is 6.33 Å². The van der Waals surface area contributed by atoms with Crippen molar-refractivity contribution in [3.63, 3.8) is 0 Å². The van der Waals surface area contributed by atoms with E-state index in [0.29, 0.717) is 22.4 Å². The molecule has 5 nitrogen and oxygen atoms in total. The molecule has 0 spiro atoms. The van der Waals surface area contributed by atoms with E-state index in [0.717, 1.165) is 5.56 Å². The van der Waals surface area contributed by atoms with Crippen molar-refractivity contribution in [2.45, 2.75) is 19.3 Å². The van der Waals surface area contributed by atoms with Gasteiger partial charge in [-0.25, -0.2) is 9.67 Å². The van der Waals surface area contributed by atoms with Gasteiger partial charge in [-0.1, -0.05) is 29.3 Å². The number of rotatable bonds is 6. The highest BCUT2D eigenvalue weighted by molar-refractivity contribution is 6.35. The standard InChI is InChI=1S/C15H13Cl2N3O2/c16-12-3-1-4-13(17)11(12)8-22-15(14-5-2-6-21-14)7-20-10-18-9-19-20/h1-6,9-10,15H,7-8H2. The first-order valence-electron chi connectivity index (χ1n) is 6.64. The quantitative estimate of drug-likeness (QED) is 0.678. The fraction of sp³-hybridized carbons (Fsp3) is 0.200. The van der Waals surface area contributed by atoms with E-state index in [2.05, 4.69) is 10.1 Å². The molecule has 7 heteroatoms. The predicted octanol–water partition coefficient (Wildman–Crippen LogP) is 4.14. The maximum Gasteiger partial charge on any atom is 0.137 e. The molecule has 0 saturated heterocycles. The van der Waals surface area contributed by atoms with Crippen LogP contribution in [0.5, 0.6) is 0 Å².